The number of benzene rings is 1. The molecule has 3 rings (SSSR count). The van der Waals surface area contributed by atoms with Crippen LogP contribution in [0.15, 0.2) is 29.6 Å². The molecule has 2 aromatic rings. The summed E-state index contributed by atoms with van der Waals surface area (Å²) in [6.45, 7) is 5.57. The van der Waals surface area contributed by atoms with Crippen LogP contribution in [0.3, 0.4) is 0 Å². The van der Waals surface area contributed by atoms with Crippen LogP contribution in [0.5, 0.6) is 0 Å². The number of aryl methyl sites for hydroxylation is 3. The van der Waals surface area contributed by atoms with Crippen LogP contribution in [-0.4, -0.2) is 6.54 Å². The average Bonchev–Trinajstić information content (AvgIpc) is 3.15. The fraction of sp³-hybridized carbons (Fsp3) is 0.474. The highest BCUT2D eigenvalue weighted by Crippen LogP contribution is 2.33. The Morgan fingerprint density at radius 1 is 1.14 bits per heavy atom. The molecule has 1 unspecified atom stereocenters. The molecule has 0 saturated heterocycles. The molecule has 1 nitrogen and oxygen atoms in total. The molecule has 1 aromatic carbocycles. The molecule has 21 heavy (non-hydrogen) atoms. The van der Waals surface area contributed by atoms with Crippen molar-refractivity contribution in [3.05, 3.63) is 56.8 Å². The van der Waals surface area contributed by atoms with E-state index in [-0.39, 0.29) is 0 Å². The predicted octanol–water partition coefficient (Wildman–Crippen LogP) is 4.89. The number of fused-ring (bicyclic) bond motifs is 1. The third-order valence-electron chi connectivity index (χ3n) is 4.48. The molecular weight excluding hydrogens is 274 g/mol. The molecule has 1 aromatic heterocycles. The Labute approximate surface area is 132 Å². The van der Waals surface area contributed by atoms with Crippen molar-refractivity contribution in [3.8, 4) is 0 Å². The summed E-state index contributed by atoms with van der Waals surface area (Å²) in [5.41, 5.74) is 6.08. The Hall–Kier alpha value is -1.12. The molecule has 2 heteroatoms. The maximum atomic E-state index is 3.76. The van der Waals surface area contributed by atoms with Crippen LogP contribution in [0, 0.1) is 0 Å². The summed E-state index contributed by atoms with van der Waals surface area (Å²) in [6, 6.07) is 9.81. The van der Waals surface area contributed by atoms with Crippen LogP contribution in [0.4, 0.5) is 0 Å². The molecule has 1 aliphatic rings. The lowest BCUT2D eigenvalue weighted by Crippen LogP contribution is -2.23. The van der Waals surface area contributed by atoms with E-state index in [1.165, 1.54) is 41.7 Å². The van der Waals surface area contributed by atoms with Crippen molar-refractivity contribution in [1.29, 1.82) is 0 Å². The first-order valence-corrected chi connectivity index (χ1v) is 9.12. The van der Waals surface area contributed by atoms with E-state index in [9.17, 15) is 0 Å². The van der Waals surface area contributed by atoms with Crippen molar-refractivity contribution >= 4 is 11.3 Å². The average molecular weight is 299 g/mol. The maximum Gasteiger partial charge on any atom is 0.0673 e. The summed E-state index contributed by atoms with van der Waals surface area (Å²) in [7, 11) is 0. The minimum absolute atomic E-state index is 0.366. The van der Waals surface area contributed by atoms with Gasteiger partial charge in [-0.2, -0.15) is 0 Å². The Morgan fingerprint density at radius 2 is 2.00 bits per heavy atom. The first kappa shape index (κ1) is 14.8. The monoisotopic (exact) mass is 299 g/mol. The molecule has 0 fully saturated rings. The van der Waals surface area contributed by atoms with Crippen LogP contribution in [-0.2, 0) is 19.3 Å². The minimum Gasteiger partial charge on any atom is -0.306 e. The van der Waals surface area contributed by atoms with E-state index in [1.807, 2.05) is 11.3 Å². The second-order valence-electron chi connectivity index (χ2n) is 5.93. The molecule has 112 valence electrons. The lowest BCUT2D eigenvalue weighted by atomic mass is 9.97. The van der Waals surface area contributed by atoms with Gasteiger partial charge in [-0.05, 0) is 72.3 Å². The summed E-state index contributed by atoms with van der Waals surface area (Å²) in [5, 5.41) is 6.00. The molecule has 1 heterocycles. The van der Waals surface area contributed by atoms with E-state index in [0.29, 0.717) is 6.04 Å². The Morgan fingerprint density at radius 3 is 2.81 bits per heavy atom. The zero-order valence-electron chi connectivity index (χ0n) is 13.1. The van der Waals surface area contributed by atoms with Gasteiger partial charge < -0.3 is 5.32 Å². The number of thiophene rings is 1. The van der Waals surface area contributed by atoms with Crippen LogP contribution in [0.1, 0.15) is 59.9 Å². The molecule has 0 spiro atoms. The largest absolute Gasteiger partial charge is 0.306 e. The molecule has 0 bridgehead atoms. The van der Waals surface area contributed by atoms with E-state index in [2.05, 4.69) is 48.8 Å². The molecule has 0 saturated carbocycles. The van der Waals surface area contributed by atoms with E-state index >= 15 is 0 Å². The zero-order valence-corrected chi connectivity index (χ0v) is 13.9. The topological polar surface area (TPSA) is 12.0 Å². The van der Waals surface area contributed by atoms with Gasteiger partial charge in [0.15, 0.2) is 0 Å². The van der Waals surface area contributed by atoms with Gasteiger partial charge in [-0.25, -0.2) is 0 Å². The molecule has 0 radical (unpaired) electrons. The Bertz CT molecular complexity index is 599. The van der Waals surface area contributed by atoms with Gasteiger partial charge in [0.05, 0.1) is 6.04 Å². The fourth-order valence-corrected chi connectivity index (χ4v) is 4.41. The summed E-state index contributed by atoms with van der Waals surface area (Å²) in [5.74, 6) is 0. The smallest absolute Gasteiger partial charge is 0.0673 e. The molecule has 0 amide bonds. The van der Waals surface area contributed by atoms with Crippen molar-refractivity contribution in [2.45, 2.75) is 52.0 Å². The van der Waals surface area contributed by atoms with Gasteiger partial charge in [-0.1, -0.05) is 32.0 Å². The van der Waals surface area contributed by atoms with Crippen molar-refractivity contribution in [1.82, 2.24) is 5.32 Å². The quantitative estimate of drug-likeness (QED) is 0.801. The van der Waals surface area contributed by atoms with Crippen LogP contribution in [0.25, 0.3) is 0 Å². The molecule has 1 aliphatic carbocycles. The minimum atomic E-state index is 0.366. The highest BCUT2D eigenvalue weighted by atomic mass is 32.1. The lowest BCUT2D eigenvalue weighted by Gasteiger charge is -2.20. The SMILES string of the molecule is CCCNC(c1ccc2c(c1)CCC2)c1sccc1CC. The van der Waals surface area contributed by atoms with E-state index in [0.717, 1.165) is 13.0 Å². The third kappa shape index (κ3) is 3.07. The van der Waals surface area contributed by atoms with E-state index < -0.39 is 0 Å². The number of nitrogens with one attached hydrogen (secondary N) is 1. The Kier molecular flexibility index (Phi) is 4.77. The fourth-order valence-electron chi connectivity index (χ4n) is 3.31. The molecule has 1 N–H and O–H groups in total. The van der Waals surface area contributed by atoms with Crippen molar-refractivity contribution in [2.24, 2.45) is 0 Å². The number of rotatable bonds is 6. The van der Waals surface area contributed by atoms with Crippen molar-refractivity contribution in [3.63, 3.8) is 0 Å². The summed E-state index contributed by atoms with van der Waals surface area (Å²) < 4.78 is 0. The summed E-state index contributed by atoms with van der Waals surface area (Å²) in [4.78, 5) is 1.50. The normalized spacial score (nSPS) is 15.1. The van der Waals surface area contributed by atoms with Crippen LogP contribution < -0.4 is 5.32 Å². The van der Waals surface area contributed by atoms with Gasteiger partial charge in [-0.3, -0.25) is 0 Å². The lowest BCUT2D eigenvalue weighted by molar-refractivity contribution is 0.602. The van der Waals surface area contributed by atoms with Gasteiger partial charge in [0.2, 0.25) is 0 Å². The second-order valence-corrected chi connectivity index (χ2v) is 6.88. The van der Waals surface area contributed by atoms with E-state index in [4.69, 9.17) is 0 Å². The van der Waals surface area contributed by atoms with Crippen LogP contribution >= 0.6 is 11.3 Å². The van der Waals surface area contributed by atoms with Gasteiger partial charge in [-0.15, -0.1) is 11.3 Å². The first-order valence-electron chi connectivity index (χ1n) is 8.24. The maximum absolute atomic E-state index is 3.76. The van der Waals surface area contributed by atoms with Gasteiger partial charge in [0.25, 0.3) is 0 Å². The molecular formula is C19H25NS. The Balaban J connectivity index is 1.95. The summed E-state index contributed by atoms with van der Waals surface area (Å²) >= 11 is 1.90. The van der Waals surface area contributed by atoms with Crippen molar-refractivity contribution in [2.75, 3.05) is 6.54 Å². The van der Waals surface area contributed by atoms with Crippen LogP contribution in [0.2, 0.25) is 0 Å². The highest BCUT2D eigenvalue weighted by molar-refractivity contribution is 7.10. The van der Waals surface area contributed by atoms with Gasteiger partial charge >= 0.3 is 0 Å². The van der Waals surface area contributed by atoms with Gasteiger partial charge in [0.1, 0.15) is 0 Å². The standard InChI is InChI=1S/C19H25NS/c1-3-11-20-18(19-14(4-2)10-12-21-19)17-9-8-15-6-5-7-16(15)13-17/h8-10,12-13,18,20H,3-7,11H2,1-2H3. The third-order valence-corrected chi connectivity index (χ3v) is 5.50. The highest BCUT2D eigenvalue weighted by Gasteiger charge is 2.20. The second kappa shape index (κ2) is 6.76. The molecule has 1 atom stereocenters. The molecule has 0 aliphatic heterocycles. The van der Waals surface area contributed by atoms with E-state index in [1.54, 1.807) is 11.1 Å². The predicted molar refractivity (Wildman–Crippen MR) is 92.3 cm³/mol. The van der Waals surface area contributed by atoms with Crippen molar-refractivity contribution < 1.29 is 0 Å². The zero-order chi connectivity index (χ0) is 14.7. The van der Waals surface area contributed by atoms with Gasteiger partial charge in [0, 0.05) is 4.88 Å². The summed E-state index contributed by atoms with van der Waals surface area (Å²) in [6.07, 6.45) is 6.14. The first-order chi connectivity index (χ1) is 10.3. The number of hydrogen-bond acceptors (Lipinski definition) is 2. The number of hydrogen-bond donors (Lipinski definition) is 1.